The van der Waals surface area contributed by atoms with Gasteiger partial charge in [-0.3, -0.25) is 0 Å². The van der Waals surface area contributed by atoms with Crippen LogP contribution < -0.4 is 0 Å². The van der Waals surface area contributed by atoms with E-state index in [4.69, 9.17) is 26.6 Å². The Morgan fingerprint density at radius 2 is 1.71 bits per heavy atom. The molecule has 0 bridgehead atoms. The van der Waals surface area contributed by atoms with E-state index in [1.807, 2.05) is 6.92 Å². The highest BCUT2D eigenvalue weighted by atomic mass is 35.5. The predicted molar refractivity (Wildman–Crippen MR) is 27.0 cm³/mol. The third kappa shape index (κ3) is 364. The maximum absolute atomic E-state index is 8.56. The summed E-state index contributed by atoms with van der Waals surface area (Å²) in [6.07, 6.45) is -1.83. The summed E-state index contributed by atoms with van der Waals surface area (Å²) in [4.78, 5) is 8.56. The van der Waals surface area contributed by atoms with E-state index in [1.165, 1.54) is 0 Å². The van der Waals surface area contributed by atoms with E-state index in [2.05, 4.69) is 0 Å². The molecule has 4 heteroatoms. The standard InChI is InChI=1S/C2H5Cl.CH2O3/c1-2-3;2-1(3)4/h2H2,1H3;(H2,2,3,4). The molecule has 0 fully saturated rings. The van der Waals surface area contributed by atoms with Crippen molar-refractivity contribution < 1.29 is 15.0 Å². The number of rotatable bonds is 0. The van der Waals surface area contributed by atoms with Crippen LogP contribution in [0.15, 0.2) is 0 Å². The van der Waals surface area contributed by atoms with Gasteiger partial charge in [0.25, 0.3) is 0 Å². The molecule has 3 nitrogen and oxygen atoms in total. The monoisotopic (exact) mass is 126 g/mol. The Hall–Kier alpha value is -0.440. The van der Waals surface area contributed by atoms with Crippen molar-refractivity contribution >= 4 is 17.8 Å². The molecule has 0 radical (unpaired) electrons. The maximum Gasteiger partial charge on any atom is 0.503 e. The van der Waals surface area contributed by atoms with Crippen molar-refractivity contribution in [2.45, 2.75) is 6.92 Å². The Balaban J connectivity index is 0. The van der Waals surface area contributed by atoms with E-state index in [0.29, 0.717) is 0 Å². The van der Waals surface area contributed by atoms with Crippen LogP contribution in [0.25, 0.3) is 0 Å². The molecule has 0 saturated carbocycles. The topological polar surface area (TPSA) is 57.5 Å². The van der Waals surface area contributed by atoms with Crippen LogP contribution in [0.5, 0.6) is 0 Å². The smallest absolute Gasteiger partial charge is 0.450 e. The van der Waals surface area contributed by atoms with Gasteiger partial charge < -0.3 is 10.2 Å². The summed E-state index contributed by atoms with van der Waals surface area (Å²) in [5.41, 5.74) is 0. The van der Waals surface area contributed by atoms with Crippen LogP contribution in [0.3, 0.4) is 0 Å². The highest BCUT2D eigenvalue weighted by Crippen LogP contribution is 1.59. The fourth-order valence-corrected chi connectivity index (χ4v) is 0. The van der Waals surface area contributed by atoms with E-state index in [9.17, 15) is 0 Å². The normalized spacial score (nSPS) is 6.00. The van der Waals surface area contributed by atoms with Gasteiger partial charge in [-0.25, -0.2) is 4.79 Å². The highest BCUT2D eigenvalue weighted by Gasteiger charge is 1.70. The third-order valence-corrected chi connectivity index (χ3v) is 0. The van der Waals surface area contributed by atoms with Gasteiger partial charge in [0.05, 0.1) is 0 Å². The van der Waals surface area contributed by atoms with Crippen molar-refractivity contribution in [2.75, 3.05) is 5.88 Å². The maximum atomic E-state index is 8.56. The summed E-state index contributed by atoms with van der Waals surface area (Å²) < 4.78 is 0. The summed E-state index contributed by atoms with van der Waals surface area (Å²) in [6, 6.07) is 0. The van der Waals surface area contributed by atoms with Crippen LogP contribution in [0.4, 0.5) is 4.79 Å². The molecular formula is C3H7ClO3. The molecule has 0 rings (SSSR count). The lowest BCUT2D eigenvalue weighted by molar-refractivity contribution is 0.137. The van der Waals surface area contributed by atoms with Gasteiger partial charge in [-0.15, -0.1) is 11.6 Å². The average Bonchev–Trinajstić information content (AvgIpc) is 1.33. The number of hydrogen-bond donors (Lipinski definition) is 2. The van der Waals surface area contributed by atoms with Crippen LogP contribution in [-0.2, 0) is 0 Å². The number of halogens is 1. The average molecular weight is 127 g/mol. The zero-order chi connectivity index (χ0) is 6.28. The summed E-state index contributed by atoms with van der Waals surface area (Å²) in [5, 5.41) is 13.9. The predicted octanol–water partition coefficient (Wildman–Crippen LogP) is 1.47. The molecule has 0 aliphatic carbocycles. The molecule has 2 N–H and O–H groups in total. The molecule has 0 saturated heterocycles. The van der Waals surface area contributed by atoms with E-state index < -0.39 is 6.16 Å². The van der Waals surface area contributed by atoms with Gasteiger partial charge in [0.1, 0.15) is 0 Å². The molecule has 0 spiro atoms. The second kappa shape index (κ2) is 9.12. The Bertz CT molecular complexity index is 41.4. The molecule has 0 aromatic heterocycles. The minimum atomic E-state index is -1.83. The summed E-state index contributed by atoms with van der Waals surface area (Å²) in [7, 11) is 0. The lowest BCUT2D eigenvalue weighted by atomic mass is 11.0. The number of carbonyl (C=O) groups is 1. The van der Waals surface area contributed by atoms with Crippen LogP contribution in [0, 0.1) is 0 Å². The minimum absolute atomic E-state index is 0.722. The van der Waals surface area contributed by atoms with Gasteiger partial charge in [0.2, 0.25) is 0 Å². The van der Waals surface area contributed by atoms with Crippen LogP contribution in [0.1, 0.15) is 6.92 Å². The Labute approximate surface area is 46.5 Å². The van der Waals surface area contributed by atoms with E-state index >= 15 is 0 Å². The minimum Gasteiger partial charge on any atom is -0.450 e. The second-order valence-corrected chi connectivity index (χ2v) is 1.08. The van der Waals surface area contributed by atoms with Gasteiger partial charge in [0.15, 0.2) is 0 Å². The lowest BCUT2D eigenvalue weighted by Gasteiger charge is -1.60. The largest absolute Gasteiger partial charge is 0.503 e. The molecule has 0 aromatic carbocycles. The number of carboxylic acid groups (broad SMARTS) is 2. The molecule has 0 atom stereocenters. The Kier molecular flexibility index (Phi) is 12.7. The first-order chi connectivity index (χ1) is 3.15. The zero-order valence-corrected chi connectivity index (χ0v) is 4.64. The molecular weight excluding hydrogens is 119 g/mol. The Morgan fingerprint density at radius 1 is 1.71 bits per heavy atom. The van der Waals surface area contributed by atoms with Crippen LogP contribution in [-0.4, -0.2) is 22.2 Å². The number of alkyl halides is 1. The fourth-order valence-electron chi connectivity index (χ4n) is 0. The SMILES string of the molecule is CCCl.O=C(O)O. The molecule has 0 unspecified atom stereocenters. The lowest BCUT2D eigenvalue weighted by Crippen LogP contribution is -1.81. The second-order valence-electron chi connectivity index (χ2n) is 0.550. The summed E-state index contributed by atoms with van der Waals surface area (Å²) >= 11 is 5.00. The van der Waals surface area contributed by atoms with Gasteiger partial charge >= 0.3 is 6.16 Å². The van der Waals surface area contributed by atoms with Crippen molar-refractivity contribution in [1.82, 2.24) is 0 Å². The van der Waals surface area contributed by atoms with Crippen molar-refractivity contribution in [3.8, 4) is 0 Å². The first kappa shape index (κ1) is 9.75. The molecule has 0 heterocycles. The van der Waals surface area contributed by atoms with E-state index in [0.717, 1.165) is 5.88 Å². The van der Waals surface area contributed by atoms with Gasteiger partial charge in [-0.05, 0) is 0 Å². The molecule has 0 aliphatic heterocycles. The van der Waals surface area contributed by atoms with Gasteiger partial charge in [-0.2, -0.15) is 0 Å². The summed E-state index contributed by atoms with van der Waals surface area (Å²) in [5.74, 6) is 0.722. The first-order valence-corrected chi connectivity index (χ1v) is 2.16. The van der Waals surface area contributed by atoms with Crippen LogP contribution >= 0.6 is 11.6 Å². The third-order valence-electron chi connectivity index (χ3n) is 0. The van der Waals surface area contributed by atoms with Crippen molar-refractivity contribution in [3.63, 3.8) is 0 Å². The highest BCUT2D eigenvalue weighted by molar-refractivity contribution is 6.17. The zero-order valence-electron chi connectivity index (χ0n) is 3.89. The Morgan fingerprint density at radius 3 is 1.71 bits per heavy atom. The van der Waals surface area contributed by atoms with E-state index in [1.54, 1.807) is 0 Å². The van der Waals surface area contributed by atoms with Crippen molar-refractivity contribution in [2.24, 2.45) is 0 Å². The van der Waals surface area contributed by atoms with E-state index in [-0.39, 0.29) is 0 Å². The van der Waals surface area contributed by atoms with Crippen LogP contribution in [0.2, 0.25) is 0 Å². The fraction of sp³-hybridized carbons (Fsp3) is 0.667. The molecule has 0 amide bonds. The van der Waals surface area contributed by atoms with Crippen molar-refractivity contribution in [3.05, 3.63) is 0 Å². The molecule has 0 aliphatic rings. The summed E-state index contributed by atoms with van der Waals surface area (Å²) in [6.45, 7) is 1.89. The first-order valence-electron chi connectivity index (χ1n) is 1.63. The van der Waals surface area contributed by atoms with Gasteiger partial charge in [-0.1, -0.05) is 6.92 Å². The molecule has 0 aromatic rings. The quantitative estimate of drug-likeness (QED) is 0.483. The molecule has 7 heavy (non-hydrogen) atoms. The number of hydrogen-bond acceptors (Lipinski definition) is 1. The van der Waals surface area contributed by atoms with Gasteiger partial charge in [0, 0.05) is 5.88 Å². The van der Waals surface area contributed by atoms with Crippen molar-refractivity contribution in [1.29, 1.82) is 0 Å². The molecule has 44 valence electrons.